The van der Waals surface area contributed by atoms with E-state index in [2.05, 4.69) is 34.6 Å². The molecule has 4 unspecified atom stereocenters. The van der Waals surface area contributed by atoms with Gasteiger partial charge in [-0.15, -0.1) is 0 Å². The Morgan fingerprint density at radius 3 is 2.00 bits per heavy atom. The van der Waals surface area contributed by atoms with Crippen molar-refractivity contribution >= 4 is 0 Å². The van der Waals surface area contributed by atoms with E-state index in [9.17, 15) is 0 Å². The quantitative estimate of drug-likeness (QED) is 0.556. The van der Waals surface area contributed by atoms with Crippen molar-refractivity contribution < 1.29 is 0 Å². The third-order valence-corrected chi connectivity index (χ3v) is 4.50. The molecule has 1 aliphatic rings. The maximum Gasteiger partial charge on any atom is -0.0386 e. The highest BCUT2D eigenvalue weighted by atomic mass is 14.4. The Morgan fingerprint density at radius 1 is 0.917 bits per heavy atom. The predicted molar refractivity (Wildman–Crippen MR) is 55.1 cm³/mol. The first-order chi connectivity index (χ1) is 5.57. The van der Waals surface area contributed by atoms with E-state index >= 15 is 0 Å². The Hall–Kier alpha value is 0. The van der Waals surface area contributed by atoms with Gasteiger partial charge in [-0.1, -0.05) is 41.0 Å². The number of hydrogen-bond donors (Lipinski definition) is 0. The van der Waals surface area contributed by atoms with E-state index in [4.69, 9.17) is 0 Å². The normalized spacial score (nSPS) is 49.2. The summed E-state index contributed by atoms with van der Waals surface area (Å²) < 4.78 is 0. The van der Waals surface area contributed by atoms with Crippen molar-refractivity contribution in [3.63, 3.8) is 0 Å². The lowest BCUT2D eigenvalue weighted by Crippen LogP contribution is -2.34. The van der Waals surface area contributed by atoms with Crippen molar-refractivity contribution in [3.8, 4) is 0 Å². The Balaban J connectivity index is 2.63. The Kier molecular flexibility index (Phi) is 3.20. The van der Waals surface area contributed by atoms with Gasteiger partial charge in [0.15, 0.2) is 0 Å². The summed E-state index contributed by atoms with van der Waals surface area (Å²) in [5.74, 6) is 4.75. The fourth-order valence-corrected chi connectivity index (χ4v) is 2.87. The van der Waals surface area contributed by atoms with Crippen LogP contribution in [0.2, 0.25) is 0 Å². The minimum absolute atomic E-state index is 0.929. The first-order valence-electron chi connectivity index (χ1n) is 5.57. The molecule has 1 aliphatic carbocycles. The summed E-state index contributed by atoms with van der Waals surface area (Å²) in [4.78, 5) is 0. The molecule has 1 fully saturated rings. The van der Waals surface area contributed by atoms with Crippen molar-refractivity contribution in [1.82, 2.24) is 0 Å². The van der Waals surface area contributed by atoms with E-state index in [0.717, 1.165) is 29.6 Å². The van der Waals surface area contributed by atoms with Gasteiger partial charge < -0.3 is 0 Å². The van der Waals surface area contributed by atoms with Crippen molar-refractivity contribution in [2.24, 2.45) is 29.6 Å². The van der Waals surface area contributed by atoms with E-state index in [-0.39, 0.29) is 0 Å². The van der Waals surface area contributed by atoms with Crippen molar-refractivity contribution in [2.45, 2.75) is 47.5 Å². The summed E-state index contributed by atoms with van der Waals surface area (Å²) in [6.45, 7) is 12.1. The molecule has 0 aromatic carbocycles. The highest BCUT2D eigenvalue weighted by molar-refractivity contribution is 4.84. The van der Waals surface area contributed by atoms with Gasteiger partial charge in [0.25, 0.3) is 0 Å². The highest BCUT2D eigenvalue weighted by Crippen LogP contribution is 2.42. The van der Waals surface area contributed by atoms with Gasteiger partial charge in [0.1, 0.15) is 0 Å². The topological polar surface area (TPSA) is 0 Å². The lowest BCUT2D eigenvalue weighted by molar-refractivity contribution is 0.0737. The number of hydrogen-bond acceptors (Lipinski definition) is 0. The molecular weight excluding hydrogens is 144 g/mol. The molecule has 0 saturated heterocycles. The molecule has 1 rings (SSSR count). The summed E-state index contributed by atoms with van der Waals surface area (Å²) in [6.07, 6.45) is 2.84. The number of rotatable bonds is 1. The first-order valence-corrected chi connectivity index (χ1v) is 5.57. The maximum atomic E-state index is 2.45. The lowest BCUT2D eigenvalue weighted by Gasteiger charge is -2.42. The van der Waals surface area contributed by atoms with Gasteiger partial charge in [-0.3, -0.25) is 0 Å². The third-order valence-electron chi connectivity index (χ3n) is 4.50. The summed E-state index contributed by atoms with van der Waals surface area (Å²) in [5.41, 5.74) is 0. The van der Waals surface area contributed by atoms with E-state index in [0.29, 0.717) is 0 Å². The molecule has 0 N–H and O–H groups in total. The zero-order valence-electron chi connectivity index (χ0n) is 9.30. The third kappa shape index (κ3) is 1.67. The smallest absolute Gasteiger partial charge is 0.0386 e. The highest BCUT2D eigenvalue weighted by Gasteiger charge is 2.34. The van der Waals surface area contributed by atoms with Gasteiger partial charge in [-0.05, 0) is 36.0 Å². The van der Waals surface area contributed by atoms with Crippen LogP contribution in [-0.4, -0.2) is 0 Å². The molecule has 12 heavy (non-hydrogen) atoms. The van der Waals surface area contributed by atoms with E-state index in [1.54, 1.807) is 0 Å². The largest absolute Gasteiger partial charge is 0.0651 e. The molecule has 0 heteroatoms. The van der Waals surface area contributed by atoms with Gasteiger partial charge in [0.05, 0.1) is 0 Å². The lowest BCUT2D eigenvalue weighted by atomic mass is 9.63. The van der Waals surface area contributed by atoms with Crippen LogP contribution in [0.5, 0.6) is 0 Å². The molecule has 72 valence electrons. The van der Waals surface area contributed by atoms with Crippen LogP contribution in [0.1, 0.15) is 47.5 Å². The Bertz CT molecular complexity index is 134. The summed E-state index contributed by atoms with van der Waals surface area (Å²) in [7, 11) is 0. The van der Waals surface area contributed by atoms with Crippen molar-refractivity contribution in [1.29, 1.82) is 0 Å². The summed E-state index contributed by atoms with van der Waals surface area (Å²) in [5, 5.41) is 0. The van der Waals surface area contributed by atoms with E-state index in [1.807, 2.05) is 0 Å². The van der Waals surface area contributed by atoms with Crippen LogP contribution in [0, 0.1) is 29.6 Å². The molecule has 0 nitrogen and oxygen atoms in total. The molecule has 0 bridgehead atoms. The van der Waals surface area contributed by atoms with Crippen LogP contribution < -0.4 is 0 Å². The van der Waals surface area contributed by atoms with Crippen LogP contribution in [-0.2, 0) is 0 Å². The van der Waals surface area contributed by atoms with Crippen LogP contribution in [0.3, 0.4) is 0 Å². The average molecular weight is 168 g/mol. The SMILES string of the molecule is CCC1CC(C)C(C)[C@H](C)C1C. The molecule has 0 heterocycles. The Labute approximate surface area is 77.7 Å². The predicted octanol–water partition coefficient (Wildman–Crippen LogP) is 3.96. The standard InChI is InChI=1S/C12H24/c1-6-12-7-8(2)9(3)10(4)11(12)5/h8-12H,6-7H2,1-5H3/t8?,9?,10-,11?,12?/m0/s1. The molecule has 0 amide bonds. The minimum Gasteiger partial charge on any atom is -0.0651 e. The van der Waals surface area contributed by atoms with Gasteiger partial charge in [-0.2, -0.15) is 0 Å². The second-order valence-corrected chi connectivity index (χ2v) is 4.96. The van der Waals surface area contributed by atoms with Crippen LogP contribution >= 0.6 is 0 Å². The van der Waals surface area contributed by atoms with Crippen LogP contribution in [0.15, 0.2) is 0 Å². The molecule has 0 aromatic heterocycles. The van der Waals surface area contributed by atoms with Crippen LogP contribution in [0.4, 0.5) is 0 Å². The molecule has 0 spiro atoms. The first kappa shape index (κ1) is 10.1. The zero-order valence-corrected chi connectivity index (χ0v) is 9.30. The minimum atomic E-state index is 0.929. The van der Waals surface area contributed by atoms with Gasteiger partial charge in [-0.25, -0.2) is 0 Å². The average Bonchev–Trinajstić information content (AvgIpc) is 2.08. The molecule has 5 atom stereocenters. The van der Waals surface area contributed by atoms with Gasteiger partial charge >= 0.3 is 0 Å². The fraction of sp³-hybridized carbons (Fsp3) is 1.00. The summed E-state index contributed by atoms with van der Waals surface area (Å²) in [6, 6.07) is 0. The Morgan fingerprint density at radius 2 is 1.50 bits per heavy atom. The van der Waals surface area contributed by atoms with Crippen molar-refractivity contribution in [3.05, 3.63) is 0 Å². The van der Waals surface area contributed by atoms with E-state index in [1.165, 1.54) is 12.8 Å². The van der Waals surface area contributed by atoms with Crippen LogP contribution in [0.25, 0.3) is 0 Å². The molecule has 0 aromatic rings. The second kappa shape index (κ2) is 3.81. The van der Waals surface area contributed by atoms with Gasteiger partial charge in [0.2, 0.25) is 0 Å². The molecular formula is C12H24. The monoisotopic (exact) mass is 168 g/mol. The molecule has 1 saturated carbocycles. The van der Waals surface area contributed by atoms with Crippen molar-refractivity contribution in [2.75, 3.05) is 0 Å². The fourth-order valence-electron chi connectivity index (χ4n) is 2.87. The maximum absolute atomic E-state index is 2.45. The molecule has 0 radical (unpaired) electrons. The van der Waals surface area contributed by atoms with Gasteiger partial charge in [0, 0.05) is 0 Å². The summed E-state index contributed by atoms with van der Waals surface area (Å²) >= 11 is 0. The zero-order chi connectivity index (χ0) is 9.30. The second-order valence-electron chi connectivity index (χ2n) is 4.96. The van der Waals surface area contributed by atoms with E-state index < -0.39 is 0 Å². The molecule has 0 aliphatic heterocycles.